The van der Waals surface area contributed by atoms with Crippen molar-refractivity contribution in [3.8, 4) is 5.75 Å². The van der Waals surface area contributed by atoms with E-state index in [0.29, 0.717) is 0 Å². The molecule has 2 heterocycles. The standard InChI is InChI=1S/C21H24N2O3/c1-25-16-9-7-15(8-10-16)11-17(26-2)12-23-13-21(14-23)18-5-3-4-6-19(18)22-20(21)24/h3-10,17H,11-14H2,1-2H3,(H,22,24). The molecule has 1 atom stereocenters. The summed E-state index contributed by atoms with van der Waals surface area (Å²) in [5.41, 5.74) is 2.93. The van der Waals surface area contributed by atoms with Gasteiger partial charge in [-0.1, -0.05) is 30.3 Å². The van der Waals surface area contributed by atoms with Crippen molar-refractivity contribution >= 4 is 11.6 Å². The molecule has 4 rings (SSSR count). The second-order valence-electron chi connectivity index (χ2n) is 7.16. The van der Waals surface area contributed by atoms with Gasteiger partial charge in [0.1, 0.15) is 11.2 Å². The van der Waals surface area contributed by atoms with Crippen molar-refractivity contribution in [3.63, 3.8) is 0 Å². The number of anilines is 1. The lowest BCUT2D eigenvalue weighted by molar-refractivity contribution is -0.128. The zero-order valence-corrected chi connectivity index (χ0v) is 15.2. The molecule has 0 bridgehead atoms. The van der Waals surface area contributed by atoms with Crippen LogP contribution < -0.4 is 10.1 Å². The van der Waals surface area contributed by atoms with Gasteiger partial charge in [-0.2, -0.15) is 0 Å². The number of benzene rings is 2. The van der Waals surface area contributed by atoms with E-state index in [0.717, 1.165) is 43.1 Å². The number of nitrogens with zero attached hydrogens (tertiary/aromatic N) is 1. The zero-order valence-electron chi connectivity index (χ0n) is 15.2. The molecular weight excluding hydrogens is 328 g/mol. The summed E-state index contributed by atoms with van der Waals surface area (Å²) in [6.45, 7) is 2.32. The first kappa shape index (κ1) is 17.1. The SMILES string of the molecule is COc1ccc(CC(CN2CC3(C2)C(=O)Nc2ccccc23)OC)cc1. The van der Waals surface area contributed by atoms with E-state index in [9.17, 15) is 4.79 Å². The Morgan fingerprint density at radius 3 is 2.54 bits per heavy atom. The zero-order chi connectivity index (χ0) is 18.1. The average molecular weight is 352 g/mol. The minimum absolute atomic E-state index is 0.0976. The molecule has 1 N–H and O–H groups in total. The molecule has 2 aromatic carbocycles. The van der Waals surface area contributed by atoms with Crippen molar-refractivity contribution in [2.75, 3.05) is 39.2 Å². The summed E-state index contributed by atoms with van der Waals surface area (Å²) in [7, 11) is 3.42. The number of para-hydroxylation sites is 1. The lowest BCUT2D eigenvalue weighted by Gasteiger charge is -2.47. The van der Waals surface area contributed by atoms with Crippen LogP contribution in [-0.4, -0.2) is 50.8 Å². The van der Waals surface area contributed by atoms with Crippen LogP contribution in [-0.2, 0) is 21.4 Å². The van der Waals surface area contributed by atoms with E-state index in [4.69, 9.17) is 9.47 Å². The Kier molecular flexibility index (Phi) is 4.42. The van der Waals surface area contributed by atoms with Crippen LogP contribution in [0.25, 0.3) is 0 Å². The molecule has 26 heavy (non-hydrogen) atoms. The van der Waals surface area contributed by atoms with Gasteiger partial charge >= 0.3 is 0 Å². The van der Waals surface area contributed by atoms with Gasteiger partial charge in [0.05, 0.1) is 13.2 Å². The van der Waals surface area contributed by atoms with Gasteiger partial charge in [-0.05, 0) is 35.7 Å². The number of ether oxygens (including phenoxy) is 2. The van der Waals surface area contributed by atoms with E-state index in [2.05, 4.69) is 28.4 Å². The molecule has 1 spiro atoms. The molecule has 136 valence electrons. The number of likely N-dealkylation sites (tertiary alicyclic amines) is 1. The predicted molar refractivity (Wildman–Crippen MR) is 101 cm³/mol. The predicted octanol–water partition coefficient (Wildman–Crippen LogP) is 2.46. The number of rotatable bonds is 6. The Labute approximate surface area is 153 Å². The Morgan fingerprint density at radius 2 is 1.85 bits per heavy atom. The lowest BCUT2D eigenvalue weighted by Crippen LogP contribution is -2.64. The number of carbonyl (C=O) groups excluding carboxylic acids is 1. The second kappa shape index (κ2) is 6.74. The summed E-state index contributed by atoms with van der Waals surface area (Å²) in [5, 5.41) is 3.02. The number of carbonyl (C=O) groups is 1. The highest BCUT2D eigenvalue weighted by Gasteiger charge is 2.55. The summed E-state index contributed by atoms with van der Waals surface area (Å²) >= 11 is 0. The third-order valence-electron chi connectivity index (χ3n) is 5.53. The van der Waals surface area contributed by atoms with E-state index < -0.39 is 0 Å². The van der Waals surface area contributed by atoms with E-state index in [-0.39, 0.29) is 17.4 Å². The van der Waals surface area contributed by atoms with Crippen molar-refractivity contribution in [1.82, 2.24) is 4.90 Å². The molecule has 1 amide bonds. The highest BCUT2D eigenvalue weighted by Crippen LogP contribution is 2.44. The third-order valence-corrected chi connectivity index (χ3v) is 5.53. The lowest BCUT2D eigenvalue weighted by atomic mass is 9.74. The minimum atomic E-state index is -0.380. The number of amides is 1. The number of methoxy groups -OCH3 is 2. The van der Waals surface area contributed by atoms with Gasteiger partial charge < -0.3 is 14.8 Å². The van der Waals surface area contributed by atoms with Crippen LogP contribution in [0.2, 0.25) is 0 Å². The summed E-state index contributed by atoms with van der Waals surface area (Å²) in [5.74, 6) is 0.984. The molecule has 2 aliphatic rings. The molecule has 1 saturated heterocycles. The molecule has 0 aromatic heterocycles. The highest BCUT2D eigenvalue weighted by molar-refractivity contribution is 6.07. The molecule has 5 heteroatoms. The first-order valence-corrected chi connectivity index (χ1v) is 8.94. The fourth-order valence-corrected chi connectivity index (χ4v) is 4.07. The summed E-state index contributed by atoms with van der Waals surface area (Å²) < 4.78 is 10.9. The Bertz CT molecular complexity index is 797. The van der Waals surface area contributed by atoms with Crippen molar-refractivity contribution in [2.45, 2.75) is 17.9 Å². The van der Waals surface area contributed by atoms with Crippen molar-refractivity contribution < 1.29 is 14.3 Å². The first-order valence-electron chi connectivity index (χ1n) is 8.94. The van der Waals surface area contributed by atoms with Gasteiger partial charge in [0.15, 0.2) is 0 Å². The molecule has 1 unspecified atom stereocenters. The molecule has 0 saturated carbocycles. The van der Waals surface area contributed by atoms with E-state index in [1.165, 1.54) is 5.56 Å². The average Bonchev–Trinajstić information content (AvgIpc) is 2.93. The maximum absolute atomic E-state index is 12.5. The Hall–Kier alpha value is -2.37. The number of hydrogen-bond donors (Lipinski definition) is 1. The van der Waals surface area contributed by atoms with Gasteiger partial charge in [-0.3, -0.25) is 9.69 Å². The largest absolute Gasteiger partial charge is 0.497 e. The summed E-state index contributed by atoms with van der Waals surface area (Å²) in [6.07, 6.45) is 0.938. The maximum atomic E-state index is 12.5. The van der Waals surface area contributed by atoms with Gasteiger partial charge in [0.2, 0.25) is 5.91 Å². The Balaban J connectivity index is 1.38. The normalized spacial score (nSPS) is 18.9. The number of fused-ring (bicyclic) bond motifs is 2. The molecule has 2 aromatic rings. The maximum Gasteiger partial charge on any atom is 0.237 e. The quantitative estimate of drug-likeness (QED) is 0.868. The van der Waals surface area contributed by atoms with Crippen LogP contribution >= 0.6 is 0 Å². The fraction of sp³-hybridized carbons (Fsp3) is 0.381. The van der Waals surface area contributed by atoms with Gasteiger partial charge in [0.25, 0.3) is 0 Å². The van der Waals surface area contributed by atoms with Gasteiger partial charge in [-0.25, -0.2) is 0 Å². The number of nitrogens with one attached hydrogen (secondary N) is 1. The molecular formula is C21H24N2O3. The highest BCUT2D eigenvalue weighted by atomic mass is 16.5. The molecule has 5 nitrogen and oxygen atoms in total. The molecule has 1 fully saturated rings. The summed E-state index contributed by atoms with van der Waals surface area (Å²) in [6, 6.07) is 16.1. The van der Waals surface area contributed by atoms with Crippen LogP contribution in [0.3, 0.4) is 0 Å². The van der Waals surface area contributed by atoms with Crippen LogP contribution in [0.15, 0.2) is 48.5 Å². The van der Waals surface area contributed by atoms with Crippen molar-refractivity contribution in [3.05, 3.63) is 59.7 Å². The molecule has 0 aliphatic carbocycles. The minimum Gasteiger partial charge on any atom is -0.497 e. The summed E-state index contributed by atoms with van der Waals surface area (Å²) in [4.78, 5) is 14.8. The van der Waals surface area contributed by atoms with E-state index in [1.807, 2.05) is 30.3 Å². The van der Waals surface area contributed by atoms with Crippen LogP contribution in [0, 0.1) is 0 Å². The van der Waals surface area contributed by atoms with Crippen molar-refractivity contribution in [2.24, 2.45) is 0 Å². The molecule has 2 aliphatic heterocycles. The van der Waals surface area contributed by atoms with Crippen LogP contribution in [0.1, 0.15) is 11.1 Å². The van der Waals surface area contributed by atoms with Crippen LogP contribution in [0.4, 0.5) is 5.69 Å². The monoisotopic (exact) mass is 352 g/mol. The van der Waals surface area contributed by atoms with Crippen molar-refractivity contribution in [1.29, 1.82) is 0 Å². The second-order valence-corrected chi connectivity index (χ2v) is 7.16. The van der Waals surface area contributed by atoms with Crippen LogP contribution in [0.5, 0.6) is 5.75 Å². The number of hydrogen-bond acceptors (Lipinski definition) is 4. The smallest absolute Gasteiger partial charge is 0.237 e. The van der Waals surface area contributed by atoms with Gasteiger partial charge in [0, 0.05) is 32.4 Å². The third kappa shape index (κ3) is 2.87. The van der Waals surface area contributed by atoms with Gasteiger partial charge in [-0.15, -0.1) is 0 Å². The first-order chi connectivity index (χ1) is 12.6. The van der Waals surface area contributed by atoms with E-state index in [1.54, 1.807) is 14.2 Å². The molecule has 0 radical (unpaired) electrons. The Morgan fingerprint density at radius 1 is 1.12 bits per heavy atom. The van der Waals surface area contributed by atoms with E-state index >= 15 is 0 Å². The topological polar surface area (TPSA) is 50.8 Å². The fourth-order valence-electron chi connectivity index (χ4n) is 4.07.